The van der Waals surface area contributed by atoms with E-state index in [1.165, 1.54) is 0 Å². The number of carbonyl (C=O) groups excluding carboxylic acids is 1. The van der Waals surface area contributed by atoms with Gasteiger partial charge in [-0.05, 0) is 12.3 Å². The molecule has 0 spiro atoms. The van der Waals surface area contributed by atoms with Crippen LogP contribution >= 0.6 is 58.0 Å². The summed E-state index contributed by atoms with van der Waals surface area (Å²) in [5.41, 5.74) is 0.352. The molecule has 2 nitrogen and oxygen atoms in total. The maximum Gasteiger partial charge on any atom is 0.309 e. The Morgan fingerprint density at radius 3 is 1.76 bits per heavy atom. The lowest BCUT2D eigenvalue weighted by Crippen LogP contribution is -2.22. The van der Waals surface area contributed by atoms with Crippen LogP contribution in [0, 0.1) is 11.8 Å². The molecular formula is C14H15Cl5O2. The molecule has 0 aliphatic heterocycles. The van der Waals surface area contributed by atoms with Crippen LogP contribution in [0.1, 0.15) is 32.8 Å². The van der Waals surface area contributed by atoms with Gasteiger partial charge in [-0.1, -0.05) is 78.8 Å². The largest absolute Gasteiger partial charge is 0.460 e. The van der Waals surface area contributed by atoms with Crippen LogP contribution in [0.15, 0.2) is 0 Å². The van der Waals surface area contributed by atoms with Gasteiger partial charge in [-0.3, -0.25) is 4.79 Å². The predicted octanol–water partition coefficient (Wildman–Crippen LogP) is 6.68. The first-order valence-electron chi connectivity index (χ1n) is 6.39. The Morgan fingerprint density at radius 1 is 0.952 bits per heavy atom. The van der Waals surface area contributed by atoms with Crippen LogP contribution in [0.25, 0.3) is 0 Å². The Hall–Kier alpha value is 0.140. The van der Waals surface area contributed by atoms with Gasteiger partial charge in [-0.2, -0.15) is 0 Å². The second kappa shape index (κ2) is 8.12. The predicted molar refractivity (Wildman–Crippen MR) is 89.9 cm³/mol. The Kier molecular flexibility index (Phi) is 7.42. The summed E-state index contributed by atoms with van der Waals surface area (Å²) in [6, 6.07) is 0. The van der Waals surface area contributed by atoms with Crippen molar-refractivity contribution in [2.24, 2.45) is 11.8 Å². The van der Waals surface area contributed by atoms with E-state index in [4.69, 9.17) is 62.7 Å². The normalized spacial score (nSPS) is 12.6. The van der Waals surface area contributed by atoms with E-state index < -0.39 is 0 Å². The summed E-state index contributed by atoms with van der Waals surface area (Å²) >= 11 is 30.0. The van der Waals surface area contributed by atoms with Gasteiger partial charge < -0.3 is 4.74 Å². The van der Waals surface area contributed by atoms with Crippen LogP contribution in [0.5, 0.6) is 0 Å². The highest BCUT2D eigenvalue weighted by Gasteiger charge is 2.24. The molecule has 0 saturated carbocycles. The van der Waals surface area contributed by atoms with Gasteiger partial charge in [0.2, 0.25) is 0 Å². The number of halogens is 5. The molecule has 118 valence electrons. The number of benzene rings is 1. The molecular weight excluding hydrogens is 377 g/mol. The Labute approximate surface area is 149 Å². The molecule has 1 atom stereocenters. The zero-order valence-electron chi connectivity index (χ0n) is 11.8. The maximum absolute atomic E-state index is 12.0. The summed E-state index contributed by atoms with van der Waals surface area (Å²) in [6.45, 7) is 5.76. The van der Waals surface area contributed by atoms with E-state index in [1.54, 1.807) is 0 Å². The van der Waals surface area contributed by atoms with Crippen molar-refractivity contribution in [2.75, 3.05) is 0 Å². The summed E-state index contributed by atoms with van der Waals surface area (Å²) in [4.78, 5) is 12.0. The van der Waals surface area contributed by atoms with Crippen molar-refractivity contribution < 1.29 is 9.53 Å². The molecule has 1 rings (SSSR count). The van der Waals surface area contributed by atoms with Crippen LogP contribution in [0.2, 0.25) is 25.1 Å². The minimum atomic E-state index is -0.304. The minimum absolute atomic E-state index is 0.0806. The highest BCUT2D eigenvalue weighted by atomic mass is 35.5. The second-order valence-electron chi connectivity index (χ2n) is 4.91. The zero-order valence-corrected chi connectivity index (χ0v) is 15.6. The topological polar surface area (TPSA) is 26.3 Å². The lowest BCUT2D eigenvalue weighted by Gasteiger charge is -2.18. The Balaban J connectivity index is 2.98. The van der Waals surface area contributed by atoms with Gasteiger partial charge in [0.15, 0.2) is 0 Å². The fourth-order valence-electron chi connectivity index (χ4n) is 1.94. The molecule has 0 amide bonds. The van der Waals surface area contributed by atoms with Crippen molar-refractivity contribution in [3.8, 4) is 0 Å². The maximum atomic E-state index is 12.0. The molecule has 0 heterocycles. The number of carbonyl (C=O) groups is 1. The van der Waals surface area contributed by atoms with Crippen LogP contribution < -0.4 is 0 Å². The van der Waals surface area contributed by atoms with Crippen molar-refractivity contribution >= 4 is 64.0 Å². The van der Waals surface area contributed by atoms with Crippen molar-refractivity contribution in [1.29, 1.82) is 0 Å². The molecule has 0 aliphatic carbocycles. The summed E-state index contributed by atoms with van der Waals surface area (Å²) in [6.07, 6.45) is 0.695. The number of hydrogen-bond donors (Lipinski definition) is 0. The average Bonchev–Trinajstić information content (AvgIpc) is 2.43. The van der Waals surface area contributed by atoms with Gasteiger partial charge in [0.25, 0.3) is 0 Å². The van der Waals surface area contributed by atoms with E-state index in [9.17, 15) is 4.79 Å². The molecule has 1 unspecified atom stereocenters. The lowest BCUT2D eigenvalue weighted by molar-refractivity contribution is -0.151. The molecule has 21 heavy (non-hydrogen) atoms. The Morgan fingerprint density at radius 2 is 1.38 bits per heavy atom. The highest BCUT2D eigenvalue weighted by Crippen LogP contribution is 2.44. The third kappa shape index (κ3) is 4.33. The summed E-state index contributed by atoms with van der Waals surface area (Å²) in [7, 11) is 0. The number of rotatable bonds is 5. The van der Waals surface area contributed by atoms with Crippen molar-refractivity contribution in [3.63, 3.8) is 0 Å². The number of hydrogen-bond acceptors (Lipinski definition) is 2. The van der Waals surface area contributed by atoms with Gasteiger partial charge in [0.05, 0.1) is 31.0 Å². The highest BCUT2D eigenvalue weighted by molar-refractivity contribution is 6.55. The van der Waals surface area contributed by atoms with E-state index in [-0.39, 0.29) is 49.5 Å². The lowest BCUT2D eigenvalue weighted by atomic mass is 9.93. The first kappa shape index (κ1) is 19.2. The van der Waals surface area contributed by atoms with E-state index >= 15 is 0 Å². The fourth-order valence-corrected chi connectivity index (χ4v) is 3.22. The Bertz CT molecular complexity index is 514. The molecule has 1 aromatic rings. The van der Waals surface area contributed by atoms with Gasteiger partial charge in [-0.25, -0.2) is 0 Å². The first-order valence-corrected chi connectivity index (χ1v) is 8.28. The van der Waals surface area contributed by atoms with Crippen LogP contribution in [-0.2, 0) is 16.1 Å². The quantitative estimate of drug-likeness (QED) is 0.317. The molecule has 0 aromatic heterocycles. The third-order valence-corrected chi connectivity index (χ3v) is 5.56. The van der Waals surface area contributed by atoms with Crippen molar-refractivity contribution in [2.45, 2.75) is 33.8 Å². The molecule has 0 N–H and O–H groups in total. The van der Waals surface area contributed by atoms with E-state index in [0.717, 1.165) is 0 Å². The summed E-state index contributed by atoms with van der Waals surface area (Å²) < 4.78 is 5.29. The van der Waals surface area contributed by atoms with Gasteiger partial charge >= 0.3 is 5.97 Å². The molecule has 1 aromatic carbocycles. The number of ether oxygens (including phenoxy) is 1. The molecule has 7 heteroatoms. The molecule has 0 radical (unpaired) electrons. The molecule has 0 bridgehead atoms. The fraction of sp³-hybridized carbons (Fsp3) is 0.500. The van der Waals surface area contributed by atoms with Gasteiger partial charge in [-0.15, -0.1) is 0 Å². The van der Waals surface area contributed by atoms with Crippen LogP contribution in [0.3, 0.4) is 0 Å². The number of esters is 1. The monoisotopic (exact) mass is 390 g/mol. The average molecular weight is 393 g/mol. The van der Waals surface area contributed by atoms with Crippen LogP contribution in [0.4, 0.5) is 0 Å². The molecule has 0 aliphatic rings. The molecule has 0 fully saturated rings. The minimum Gasteiger partial charge on any atom is -0.460 e. The molecule has 0 saturated heterocycles. The first-order chi connectivity index (χ1) is 9.72. The third-order valence-electron chi connectivity index (χ3n) is 3.21. The van der Waals surface area contributed by atoms with Gasteiger partial charge in [0, 0.05) is 5.56 Å². The van der Waals surface area contributed by atoms with Crippen molar-refractivity contribution in [1.82, 2.24) is 0 Å². The zero-order chi connectivity index (χ0) is 16.3. The summed E-state index contributed by atoms with van der Waals surface area (Å²) in [5.74, 6) is -0.298. The SMILES string of the molecule is CCC(C(=O)OCc1c(Cl)c(Cl)c(Cl)c(Cl)c1Cl)C(C)C. The van der Waals surface area contributed by atoms with E-state index in [2.05, 4.69) is 0 Å². The van der Waals surface area contributed by atoms with E-state index in [0.29, 0.717) is 12.0 Å². The summed E-state index contributed by atoms with van der Waals surface area (Å²) in [5, 5.41) is 0.546. The van der Waals surface area contributed by atoms with Crippen molar-refractivity contribution in [3.05, 3.63) is 30.7 Å². The van der Waals surface area contributed by atoms with Gasteiger partial charge in [0.1, 0.15) is 6.61 Å². The smallest absolute Gasteiger partial charge is 0.309 e. The van der Waals surface area contributed by atoms with Crippen LogP contribution in [-0.4, -0.2) is 5.97 Å². The second-order valence-corrected chi connectivity index (χ2v) is 6.80. The van der Waals surface area contributed by atoms with E-state index in [1.807, 2.05) is 20.8 Å². The standard InChI is InChI=1S/C14H15Cl5O2/c1-4-7(6(2)3)14(20)21-5-8-9(15)11(17)13(19)12(18)10(8)16/h6-7H,4-5H2,1-3H3.